The van der Waals surface area contributed by atoms with Crippen LogP contribution in [0.15, 0.2) is 12.1 Å². The van der Waals surface area contributed by atoms with Gasteiger partial charge >= 0.3 is 5.97 Å². The number of carbonyl (C=O) groups is 2. The molecule has 1 aliphatic carbocycles. The maximum atomic E-state index is 13.4. The highest BCUT2D eigenvalue weighted by molar-refractivity contribution is 6.34. The second-order valence-electron chi connectivity index (χ2n) is 5.74. The molecule has 1 N–H and O–H groups in total. The summed E-state index contributed by atoms with van der Waals surface area (Å²) in [6.45, 7) is 3.55. The molecule has 21 heavy (non-hydrogen) atoms. The van der Waals surface area contributed by atoms with Gasteiger partial charge in [-0.1, -0.05) is 24.9 Å². The van der Waals surface area contributed by atoms with Gasteiger partial charge in [0.25, 0.3) is 0 Å². The van der Waals surface area contributed by atoms with Crippen molar-refractivity contribution in [3.8, 4) is 0 Å². The maximum Gasteiger partial charge on any atom is 0.307 e. The number of ketones is 1. The zero-order valence-corrected chi connectivity index (χ0v) is 12.8. The summed E-state index contributed by atoms with van der Waals surface area (Å²) < 4.78 is 13.4. The van der Waals surface area contributed by atoms with Crippen LogP contribution in [0.4, 0.5) is 4.39 Å². The van der Waals surface area contributed by atoms with Crippen molar-refractivity contribution in [1.82, 2.24) is 0 Å². The highest BCUT2D eigenvalue weighted by Crippen LogP contribution is 2.41. The lowest BCUT2D eigenvalue weighted by Crippen LogP contribution is -2.25. The molecule has 0 aromatic heterocycles. The summed E-state index contributed by atoms with van der Waals surface area (Å²) in [5, 5.41) is 9.36. The van der Waals surface area contributed by atoms with E-state index in [0.29, 0.717) is 18.4 Å². The van der Waals surface area contributed by atoms with Gasteiger partial charge in [-0.3, -0.25) is 9.59 Å². The topological polar surface area (TPSA) is 54.4 Å². The first-order valence-corrected chi connectivity index (χ1v) is 7.45. The van der Waals surface area contributed by atoms with Gasteiger partial charge in [0.1, 0.15) is 5.82 Å². The molecule has 0 radical (unpaired) electrons. The van der Waals surface area contributed by atoms with Gasteiger partial charge in [0.2, 0.25) is 0 Å². The minimum atomic E-state index is -0.945. The van der Waals surface area contributed by atoms with E-state index >= 15 is 0 Å². The molecule has 1 saturated carbocycles. The van der Waals surface area contributed by atoms with Crippen LogP contribution in [0.2, 0.25) is 5.02 Å². The smallest absolute Gasteiger partial charge is 0.307 e. The fourth-order valence-electron chi connectivity index (χ4n) is 3.08. The van der Waals surface area contributed by atoms with Crippen molar-refractivity contribution < 1.29 is 19.1 Å². The van der Waals surface area contributed by atoms with E-state index < -0.39 is 23.6 Å². The predicted molar refractivity (Wildman–Crippen MR) is 78.1 cm³/mol. The standard InChI is InChI=1S/C16H18ClFO3/c1-3-9-5-10(11(6-9)16(20)21)15(19)12-4-8(2)14(18)7-13(12)17/h4,7,9-11H,3,5-6H2,1-2H3,(H,20,21). The van der Waals surface area contributed by atoms with Gasteiger partial charge in [-0.05, 0) is 43.4 Å². The average molecular weight is 313 g/mol. The normalized spacial score (nSPS) is 25.0. The number of hydrogen-bond donors (Lipinski definition) is 1. The first kappa shape index (κ1) is 16.0. The quantitative estimate of drug-likeness (QED) is 0.851. The molecule has 0 bridgehead atoms. The molecule has 5 heteroatoms. The van der Waals surface area contributed by atoms with Crippen LogP contribution in [0.3, 0.4) is 0 Å². The first-order valence-electron chi connectivity index (χ1n) is 7.07. The SMILES string of the molecule is CCC1CC(C(=O)O)C(C(=O)c2cc(C)c(F)cc2Cl)C1. The second-order valence-corrected chi connectivity index (χ2v) is 6.15. The number of carboxylic acid groups (broad SMARTS) is 1. The summed E-state index contributed by atoms with van der Waals surface area (Å²) in [6, 6.07) is 2.53. The minimum Gasteiger partial charge on any atom is -0.481 e. The minimum absolute atomic E-state index is 0.0483. The highest BCUT2D eigenvalue weighted by Gasteiger charge is 2.42. The predicted octanol–water partition coefficient (Wildman–Crippen LogP) is 4.11. The monoisotopic (exact) mass is 312 g/mol. The van der Waals surface area contributed by atoms with Crippen molar-refractivity contribution in [3.63, 3.8) is 0 Å². The van der Waals surface area contributed by atoms with Crippen LogP contribution in [0.25, 0.3) is 0 Å². The molecule has 0 spiro atoms. The van der Waals surface area contributed by atoms with Crippen molar-refractivity contribution in [2.24, 2.45) is 17.8 Å². The number of aliphatic carboxylic acids is 1. The largest absolute Gasteiger partial charge is 0.481 e. The van der Waals surface area contributed by atoms with Gasteiger partial charge in [0.15, 0.2) is 5.78 Å². The summed E-state index contributed by atoms with van der Waals surface area (Å²) in [5.41, 5.74) is 0.559. The lowest BCUT2D eigenvalue weighted by molar-refractivity contribution is -0.142. The number of carbonyl (C=O) groups excluding carboxylic acids is 1. The number of halogens is 2. The van der Waals surface area contributed by atoms with E-state index in [1.807, 2.05) is 6.92 Å². The molecular formula is C16H18ClFO3. The van der Waals surface area contributed by atoms with Gasteiger partial charge in [0.05, 0.1) is 10.9 Å². The molecule has 2 rings (SSSR count). The number of hydrogen-bond acceptors (Lipinski definition) is 2. The van der Waals surface area contributed by atoms with Gasteiger partial charge < -0.3 is 5.11 Å². The Hall–Kier alpha value is -1.42. The van der Waals surface area contributed by atoms with Gasteiger partial charge in [0, 0.05) is 11.5 Å². The van der Waals surface area contributed by atoms with E-state index in [2.05, 4.69) is 0 Å². The van der Waals surface area contributed by atoms with E-state index in [1.54, 1.807) is 6.92 Å². The van der Waals surface area contributed by atoms with Crippen molar-refractivity contribution in [2.75, 3.05) is 0 Å². The highest BCUT2D eigenvalue weighted by atomic mass is 35.5. The average Bonchev–Trinajstić information content (AvgIpc) is 2.86. The Labute approximate surface area is 128 Å². The molecule has 0 aliphatic heterocycles. The molecule has 114 valence electrons. The molecule has 1 aromatic carbocycles. The Bertz CT molecular complexity index is 585. The third-order valence-corrected chi connectivity index (χ3v) is 4.72. The van der Waals surface area contributed by atoms with Crippen molar-refractivity contribution in [3.05, 3.63) is 34.1 Å². The first-order chi connectivity index (χ1) is 9.85. The van der Waals surface area contributed by atoms with E-state index in [1.165, 1.54) is 6.07 Å². The van der Waals surface area contributed by atoms with Crippen LogP contribution in [-0.4, -0.2) is 16.9 Å². The number of aryl methyl sites for hydroxylation is 1. The molecule has 3 atom stereocenters. The molecule has 1 aliphatic rings. The molecule has 1 fully saturated rings. The van der Waals surface area contributed by atoms with Gasteiger partial charge in [-0.25, -0.2) is 4.39 Å². The van der Waals surface area contributed by atoms with Crippen LogP contribution >= 0.6 is 11.6 Å². The fraction of sp³-hybridized carbons (Fsp3) is 0.500. The lowest BCUT2D eigenvalue weighted by atomic mass is 9.88. The summed E-state index contributed by atoms with van der Waals surface area (Å²) >= 11 is 5.96. The van der Waals surface area contributed by atoms with E-state index in [0.717, 1.165) is 12.5 Å². The van der Waals surface area contributed by atoms with Gasteiger partial charge in [-0.15, -0.1) is 0 Å². The van der Waals surface area contributed by atoms with Gasteiger partial charge in [-0.2, -0.15) is 0 Å². The summed E-state index contributed by atoms with van der Waals surface area (Å²) in [6.07, 6.45) is 1.92. The second kappa shape index (κ2) is 6.14. The molecule has 3 nitrogen and oxygen atoms in total. The van der Waals surface area contributed by atoms with E-state index in [-0.39, 0.29) is 22.3 Å². The summed E-state index contributed by atoms with van der Waals surface area (Å²) in [4.78, 5) is 24.0. The molecule has 0 amide bonds. The molecular weight excluding hydrogens is 295 g/mol. The zero-order chi connectivity index (χ0) is 15.7. The molecule has 0 saturated heterocycles. The summed E-state index contributed by atoms with van der Waals surface area (Å²) in [5.74, 6) is -2.71. The lowest BCUT2D eigenvalue weighted by Gasteiger charge is -2.16. The van der Waals surface area contributed by atoms with Crippen LogP contribution in [-0.2, 0) is 4.79 Å². The Morgan fingerprint density at radius 3 is 2.52 bits per heavy atom. The van der Waals surface area contributed by atoms with Crippen molar-refractivity contribution in [1.29, 1.82) is 0 Å². The Kier molecular flexibility index (Phi) is 4.67. The third kappa shape index (κ3) is 3.10. The maximum absolute atomic E-state index is 13.4. The Morgan fingerprint density at radius 1 is 1.33 bits per heavy atom. The van der Waals surface area contributed by atoms with E-state index in [9.17, 15) is 19.1 Å². The van der Waals surface area contributed by atoms with E-state index in [4.69, 9.17) is 11.6 Å². The number of benzene rings is 1. The molecule has 1 aromatic rings. The Balaban J connectivity index is 2.34. The van der Waals surface area contributed by atoms with Crippen LogP contribution < -0.4 is 0 Å². The number of rotatable bonds is 4. The summed E-state index contributed by atoms with van der Waals surface area (Å²) in [7, 11) is 0. The number of carboxylic acids is 1. The Morgan fingerprint density at radius 2 is 1.95 bits per heavy atom. The van der Waals surface area contributed by atoms with Crippen LogP contribution in [0.1, 0.15) is 42.1 Å². The fourth-order valence-corrected chi connectivity index (χ4v) is 3.33. The van der Waals surface area contributed by atoms with Crippen LogP contribution in [0, 0.1) is 30.5 Å². The number of Topliss-reactive ketones (excluding diaryl/α,β-unsaturated/α-hetero) is 1. The molecule has 3 unspecified atom stereocenters. The zero-order valence-electron chi connectivity index (χ0n) is 12.0. The molecule has 0 heterocycles. The van der Waals surface area contributed by atoms with Crippen molar-refractivity contribution in [2.45, 2.75) is 33.1 Å². The van der Waals surface area contributed by atoms with Crippen molar-refractivity contribution >= 4 is 23.4 Å². The third-order valence-electron chi connectivity index (χ3n) is 4.41. The van der Waals surface area contributed by atoms with Crippen LogP contribution in [0.5, 0.6) is 0 Å².